The third-order valence-electron chi connectivity index (χ3n) is 5.19. The predicted octanol–water partition coefficient (Wildman–Crippen LogP) is 5.02. The minimum absolute atomic E-state index is 0.292. The Morgan fingerprint density at radius 1 is 0.892 bits per heavy atom. The average molecular weight is 532 g/mol. The van der Waals surface area contributed by atoms with E-state index in [0.29, 0.717) is 22.2 Å². The largest absolute Gasteiger partial charge is 0.454 e. The van der Waals surface area contributed by atoms with E-state index in [2.05, 4.69) is 15.6 Å². The molecule has 37 heavy (non-hydrogen) atoms. The standard InChI is InChI=1S/C28H25N3O4S2/c32-25(31-28-30-23(19-37-28)21-12-6-2-7-13-21)16-35-27(34)24(18-36-17-20-10-4-1-5-11-20)29-26(33)22-14-8-3-9-15-22/h1-15,19,24H,16-18H2,(H,29,33)(H,30,31,32). The molecule has 0 aliphatic carbocycles. The molecule has 1 heterocycles. The number of rotatable bonds is 11. The molecule has 2 N–H and O–H groups in total. The van der Waals surface area contributed by atoms with Gasteiger partial charge in [0.05, 0.1) is 5.69 Å². The van der Waals surface area contributed by atoms with Crippen molar-refractivity contribution < 1.29 is 19.1 Å². The van der Waals surface area contributed by atoms with Crippen LogP contribution in [0.2, 0.25) is 0 Å². The van der Waals surface area contributed by atoms with Crippen LogP contribution < -0.4 is 10.6 Å². The van der Waals surface area contributed by atoms with Crippen molar-refractivity contribution in [1.82, 2.24) is 10.3 Å². The molecule has 3 aromatic carbocycles. The monoisotopic (exact) mass is 531 g/mol. The highest BCUT2D eigenvalue weighted by molar-refractivity contribution is 7.98. The maximum atomic E-state index is 12.9. The van der Waals surface area contributed by atoms with Gasteiger partial charge in [0.1, 0.15) is 6.04 Å². The number of amides is 2. The number of benzene rings is 3. The first kappa shape index (κ1) is 26.1. The first-order chi connectivity index (χ1) is 18.1. The molecule has 1 atom stereocenters. The van der Waals surface area contributed by atoms with Gasteiger partial charge in [0.15, 0.2) is 11.7 Å². The molecule has 7 nitrogen and oxygen atoms in total. The van der Waals surface area contributed by atoms with Crippen LogP contribution in [0.1, 0.15) is 15.9 Å². The van der Waals surface area contributed by atoms with Crippen LogP contribution in [0.5, 0.6) is 0 Å². The minimum atomic E-state index is -0.918. The van der Waals surface area contributed by atoms with Gasteiger partial charge in [-0.2, -0.15) is 11.8 Å². The molecule has 0 radical (unpaired) electrons. The predicted molar refractivity (Wildman–Crippen MR) is 147 cm³/mol. The Morgan fingerprint density at radius 2 is 1.54 bits per heavy atom. The fourth-order valence-electron chi connectivity index (χ4n) is 3.33. The highest BCUT2D eigenvalue weighted by Gasteiger charge is 2.24. The van der Waals surface area contributed by atoms with E-state index in [4.69, 9.17) is 4.74 Å². The van der Waals surface area contributed by atoms with E-state index in [-0.39, 0.29) is 5.91 Å². The van der Waals surface area contributed by atoms with E-state index in [1.165, 1.54) is 23.1 Å². The number of thioether (sulfide) groups is 1. The van der Waals surface area contributed by atoms with Gasteiger partial charge in [-0.25, -0.2) is 9.78 Å². The highest BCUT2D eigenvalue weighted by Crippen LogP contribution is 2.24. The number of carbonyl (C=O) groups is 3. The lowest BCUT2D eigenvalue weighted by Gasteiger charge is -2.17. The molecule has 1 aromatic heterocycles. The van der Waals surface area contributed by atoms with Crippen molar-refractivity contribution in [3.05, 3.63) is 108 Å². The molecule has 0 saturated heterocycles. The second-order valence-electron chi connectivity index (χ2n) is 7.95. The van der Waals surface area contributed by atoms with Crippen molar-refractivity contribution >= 4 is 46.0 Å². The Labute approximate surface area is 223 Å². The van der Waals surface area contributed by atoms with Gasteiger partial charge in [0.25, 0.3) is 11.8 Å². The van der Waals surface area contributed by atoms with E-state index in [0.717, 1.165) is 16.8 Å². The molecule has 188 valence electrons. The summed E-state index contributed by atoms with van der Waals surface area (Å²) in [5.41, 5.74) is 3.23. The van der Waals surface area contributed by atoms with Crippen molar-refractivity contribution in [2.24, 2.45) is 0 Å². The number of nitrogens with zero attached hydrogens (tertiary/aromatic N) is 1. The van der Waals surface area contributed by atoms with Crippen LogP contribution in [0.15, 0.2) is 96.4 Å². The van der Waals surface area contributed by atoms with E-state index in [1.807, 2.05) is 72.1 Å². The van der Waals surface area contributed by atoms with Gasteiger partial charge >= 0.3 is 5.97 Å². The summed E-state index contributed by atoms with van der Waals surface area (Å²) in [5, 5.41) is 7.65. The third kappa shape index (κ3) is 8.03. The van der Waals surface area contributed by atoms with E-state index < -0.39 is 24.5 Å². The first-order valence-corrected chi connectivity index (χ1v) is 13.6. The van der Waals surface area contributed by atoms with Gasteiger partial charge in [0.2, 0.25) is 0 Å². The average Bonchev–Trinajstić information content (AvgIpc) is 3.41. The number of hydrogen-bond acceptors (Lipinski definition) is 7. The molecule has 0 aliphatic rings. The Balaban J connectivity index is 1.32. The smallest absolute Gasteiger partial charge is 0.330 e. The molecule has 0 saturated carbocycles. The van der Waals surface area contributed by atoms with Gasteiger partial charge in [-0.3, -0.25) is 14.9 Å². The fraction of sp³-hybridized carbons (Fsp3) is 0.143. The normalized spacial score (nSPS) is 11.4. The summed E-state index contributed by atoms with van der Waals surface area (Å²) in [6, 6.07) is 27.2. The molecule has 0 bridgehead atoms. The van der Waals surface area contributed by atoms with E-state index in [1.54, 1.807) is 24.3 Å². The highest BCUT2D eigenvalue weighted by atomic mass is 32.2. The maximum Gasteiger partial charge on any atom is 0.330 e. The number of nitrogens with one attached hydrogen (secondary N) is 2. The number of anilines is 1. The number of thiazole rings is 1. The SMILES string of the molecule is O=C(COC(=O)C(CSCc1ccccc1)NC(=O)c1ccccc1)Nc1nc(-c2ccccc2)cs1. The Hall–Kier alpha value is -3.95. The van der Waals surface area contributed by atoms with Crippen LogP contribution in [0, 0.1) is 0 Å². The zero-order chi connectivity index (χ0) is 25.9. The van der Waals surface area contributed by atoms with Crippen LogP contribution in [-0.2, 0) is 20.1 Å². The molecule has 9 heteroatoms. The molecular formula is C28H25N3O4S2. The zero-order valence-corrected chi connectivity index (χ0v) is 21.5. The topological polar surface area (TPSA) is 97.4 Å². The Bertz CT molecular complexity index is 1320. The molecule has 0 spiro atoms. The second-order valence-corrected chi connectivity index (χ2v) is 9.84. The summed E-state index contributed by atoms with van der Waals surface area (Å²) in [4.78, 5) is 42.4. The summed E-state index contributed by atoms with van der Waals surface area (Å²) in [7, 11) is 0. The number of ether oxygens (including phenoxy) is 1. The second kappa shape index (κ2) is 13.4. The van der Waals surface area contributed by atoms with Gasteiger partial charge < -0.3 is 10.1 Å². The lowest BCUT2D eigenvalue weighted by atomic mass is 10.2. The van der Waals surface area contributed by atoms with Gasteiger partial charge in [-0.05, 0) is 17.7 Å². The van der Waals surface area contributed by atoms with Crippen LogP contribution in [0.4, 0.5) is 5.13 Å². The zero-order valence-electron chi connectivity index (χ0n) is 19.8. The Morgan fingerprint density at radius 3 is 2.24 bits per heavy atom. The lowest BCUT2D eigenvalue weighted by molar-refractivity contribution is -0.148. The summed E-state index contributed by atoms with van der Waals surface area (Å²) in [6.45, 7) is -0.486. The van der Waals surface area contributed by atoms with E-state index in [9.17, 15) is 14.4 Å². The molecule has 4 aromatic rings. The molecule has 2 amide bonds. The van der Waals surface area contributed by atoms with Crippen LogP contribution in [-0.4, -0.2) is 41.2 Å². The van der Waals surface area contributed by atoms with Gasteiger partial charge in [0, 0.05) is 28.0 Å². The summed E-state index contributed by atoms with van der Waals surface area (Å²) >= 11 is 2.78. The van der Waals surface area contributed by atoms with Crippen molar-refractivity contribution in [2.75, 3.05) is 17.7 Å². The van der Waals surface area contributed by atoms with Crippen molar-refractivity contribution in [1.29, 1.82) is 0 Å². The summed E-state index contributed by atoms with van der Waals surface area (Å²) in [5.74, 6) is -0.610. The molecule has 0 fully saturated rings. The van der Waals surface area contributed by atoms with Crippen molar-refractivity contribution in [3.8, 4) is 11.3 Å². The molecule has 1 unspecified atom stereocenters. The first-order valence-electron chi connectivity index (χ1n) is 11.5. The Kier molecular flexibility index (Phi) is 9.45. The fourth-order valence-corrected chi connectivity index (χ4v) is 5.07. The summed E-state index contributed by atoms with van der Waals surface area (Å²) in [6.07, 6.45) is 0. The van der Waals surface area contributed by atoms with Crippen LogP contribution in [0.3, 0.4) is 0 Å². The van der Waals surface area contributed by atoms with Gasteiger partial charge in [-0.15, -0.1) is 11.3 Å². The molecular weight excluding hydrogens is 506 g/mol. The van der Waals surface area contributed by atoms with Crippen LogP contribution in [0.25, 0.3) is 11.3 Å². The summed E-state index contributed by atoms with van der Waals surface area (Å²) < 4.78 is 5.27. The third-order valence-corrected chi connectivity index (χ3v) is 7.05. The number of aromatic nitrogens is 1. The van der Waals surface area contributed by atoms with E-state index >= 15 is 0 Å². The quantitative estimate of drug-likeness (QED) is 0.264. The number of hydrogen-bond donors (Lipinski definition) is 2. The maximum absolute atomic E-state index is 12.9. The van der Waals surface area contributed by atoms with Crippen molar-refractivity contribution in [3.63, 3.8) is 0 Å². The van der Waals surface area contributed by atoms with Crippen molar-refractivity contribution in [2.45, 2.75) is 11.8 Å². The molecule has 0 aliphatic heterocycles. The minimum Gasteiger partial charge on any atom is -0.454 e. The van der Waals surface area contributed by atoms with Gasteiger partial charge in [-0.1, -0.05) is 78.9 Å². The molecule has 4 rings (SSSR count). The lowest BCUT2D eigenvalue weighted by Crippen LogP contribution is -2.44. The van der Waals surface area contributed by atoms with Crippen LogP contribution >= 0.6 is 23.1 Å². The number of esters is 1. The number of carbonyl (C=O) groups excluding carboxylic acids is 3.